The molecule has 0 radical (unpaired) electrons. The molecule has 1 heterocycles. The Morgan fingerprint density at radius 2 is 2.18 bits per heavy atom. The van der Waals surface area contributed by atoms with E-state index in [1.54, 1.807) is 0 Å². The first-order chi connectivity index (χ1) is 8.38. The summed E-state index contributed by atoms with van der Waals surface area (Å²) in [4.78, 5) is 4.55. The minimum absolute atomic E-state index is 0.472. The average Bonchev–Trinajstić information content (AvgIpc) is 2.82. The molecule has 1 N–H and O–H groups in total. The largest absolute Gasteiger partial charge is 0.388 e. The van der Waals surface area contributed by atoms with Crippen LogP contribution < -0.4 is 5.32 Å². The zero-order valence-corrected chi connectivity index (χ0v) is 9.98. The van der Waals surface area contributed by atoms with Gasteiger partial charge in [0.25, 0.3) is 0 Å². The number of aryl methyl sites for hydroxylation is 1. The van der Waals surface area contributed by atoms with Crippen molar-refractivity contribution in [3.63, 3.8) is 0 Å². The lowest BCUT2D eigenvalue weighted by Crippen LogP contribution is -1.99. The number of pyridine rings is 1. The van der Waals surface area contributed by atoms with E-state index in [-0.39, 0.29) is 0 Å². The van der Waals surface area contributed by atoms with Crippen molar-refractivity contribution in [1.82, 2.24) is 4.98 Å². The summed E-state index contributed by atoms with van der Waals surface area (Å²) in [7, 11) is 1.96. The molecule has 2 nitrogen and oxygen atoms in total. The molecule has 0 saturated heterocycles. The van der Waals surface area contributed by atoms with Crippen molar-refractivity contribution < 1.29 is 0 Å². The fourth-order valence-electron chi connectivity index (χ4n) is 2.65. The van der Waals surface area contributed by atoms with Crippen LogP contribution in [0.4, 0.5) is 5.69 Å². The molecule has 0 bridgehead atoms. The summed E-state index contributed by atoms with van der Waals surface area (Å²) >= 11 is 0. The van der Waals surface area contributed by atoms with Crippen LogP contribution in [0.1, 0.15) is 29.2 Å². The normalized spacial score (nSPS) is 17.8. The van der Waals surface area contributed by atoms with Gasteiger partial charge < -0.3 is 5.32 Å². The van der Waals surface area contributed by atoms with E-state index < -0.39 is 0 Å². The predicted octanol–water partition coefficient (Wildman–Crippen LogP) is 3.20. The van der Waals surface area contributed by atoms with E-state index in [9.17, 15) is 0 Å². The van der Waals surface area contributed by atoms with E-state index in [1.165, 1.54) is 28.9 Å². The van der Waals surface area contributed by atoms with E-state index in [4.69, 9.17) is 0 Å². The number of nitrogens with zero attached hydrogens (tertiary/aromatic N) is 1. The number of anilines is 1. The number of fused-ring (bicyclic) bond motifs is 1. The fourth-order valence-corrected chi connectivity index (χ4v) is 2.65. The molecule has 17 heavy (non-hydrogen) atoms. The molecule has 0 fully saturated rings. The van der Waals surface area contributed by atoms with Crippen molar-refractivity contribution in [2.75, 3.05) is 12.4 Å². The molecule has 2 aromatic rings. The molecule has 0 spiro atoms. The van der Waals surface area contributed by atoms with E-state index >= 15 is 0 Å². The van der Waals surface area contributed by atoms with Crippen molar-refractivity contribution in [2.24, 2.45) is 0 Å². The Bertz CT molecular complexity index is 534. The maximum Gasteiger partial charge on any atom is 0.0510 e. The Kier molecular flexibility index (Phi) is 2.56. The minimum Gasteiger partial charge on any atom is -0.388 e. The molecular formula is C15H16N2. The maximum atomic E-state index is 4.55. The summed E-state index contributed by atoms with van der Waals surface area (Å²) in [5, 5.41) is 3.19. The Morgan fingerprint density at radius 3 is 3.06 bits per heavy atom. The Balaban J connectivity index is 2.01. The predicted molar refractivity (Wildman–Crippen MR) is 70.4 cm³/mol. The van der Waals surface area contributed by atoms with Gasteiger partial charge in [-0.15, -0.1) is 0 Å². The first kappa shape index (κ1) is 10.3. The Morgan fingerprint density at radius 1 is 1.24 bits per heavy atom. The molecular weight excluding hydrogens is 208 g/mol. The van der Waals surface area contributed by atoms with Crippen molar-refractivity contribution in [3.8, 4) is 0 Å². The Labute approximate surface area is 102 Å². The van der Waals surface area contributed by atoms with E-state index in [2.05, 4.69) is 40.6 Å². The number of hydrogen-bond acceptors (Lipinski definition) is 2. The quantitative estimate of drug-likeness (QED) is 0.847. The highest BCUT2D eigenvalue weighted by atomic mass is 14.8. The molecule has 0 aliphatic heterocycles. The summed E-state index contributed by atoms with van der Waals surface area (Å²) < 4.78 is 0. The molecule has 86 valence electrons. The van der Waals surface area contributed by atoms with Gasteiger partial charge in [-0.25, -0.2) is 0 Å². The fraction of sp³-hybridized carbons (Fsp3) is 0.267. The summed E-state index contributed by atoms with van der Waals surface area (Å²) in [6.07, 6.45) is 4.23. The summed E-state index contributed by atoms with van der Waals surface area (Å²) in [6.45, 7) is 0. The number of nitrogens with one attached hydrogen (secondary N) is 1. The molecule has 1 atom stereocenters. The van der Waals surface area contributed by atoms with Crippen LogP contribution in [0.2, 0.25) is 0 Å². The minimum atomic E-state index is 0.472. The van der Waals surface area contributed by atoms with Crippen LogP contribution in [0.15, 0.2) is 42.6 Å². The third kappa shape index (κ3) is 1.80. The van der Waals surface area contributed by atoms with E-state index in [0.717, 1.165) is 6.42 Å². The number of aromatic nitrogens is 1. The van der Waals surface area contributed by atoms with Gasteiger partial charge >= 0.3 is 0 Å². The summed E-state index contributed by atoms with van der Waals surface area (Å²) in [5.74, 6) is 0.472. The Hall–Kier alpha value is -1.83. The molecule has 0 amide bonds. The van der Waals surface area contributed by atoms with Gasteiger partial charge in [-0.3, -0.25) is 4.98 Å². The van der Waals surface area contributed by atoms with Crippen LogP contribution in [0, 0.1) is 0 Å². The maximum absolute atomic E-state index is 4.55. The van der Waals surface area contributed by atoms with Gasteiger partial charge in [0.2, 0.25) is 0 Å². The van der Waals surface area contributed by atoms with Gasteiger partial charge in [-0.1, -0.05) is 18.2 Å². The second-order valence-corrected chi connectivity index (χ2v) is 4.51. The number of benzene rings is 1. The molecule has 1 aliphatic rings. The third-order valence-corrected chi connectivity index (χ3v) is 3.54. The highest BCUT2D eigenvalue weighted by Crippen LogP contribution is 2.36. The lowest BCUT2D eigenvalue weighted by atomic mass is 9.96. The highest BCUT2D eigenvalue weighted by Gasteiger charge is 2.24. The lowest BCUT2D eigenvalue weighted by Gasteiger charge is -2.12. The highest BCUT2D eigenvalue weighted by molar-refractivity contribution is 5.48. The van der Waals surface area contributed by atoms with Crippen molar-refractivity contribution in [2.45, 2.75) is 18.8 Å². The average molecular weight is 224 g/mol. The van der Waals surface area contributed by atoms with Crippen LogP contribution in [-0.4, -0.2) is 12.0 Å². The lowest BCUT2D eigenvalue weighted by molar-refractivity contribution is 0.772. The number of hydrogen-bond donors (Lipinski definition) is 1. The van der Waals surface area contributed by atoms with Crippen LogP contribution >= 0.6 is 0 Å². The molecule has 1 aromatic heterocycles. The molecule has 0 saturated carbocycles. The second-order valence-electron chi connectivity index (χ2n) is 4.51. The first-order valence-electron chi connectivity index (χ1n) is 6.10. The van der Waals surface area contributed by atoms with Crippen LogP contribution in [0.3, 0.4) is 0 Å². The van der Waals surface area contributed by atoms with Gasteiger partial charge in [-0.2, -0.15) is 0 Å². The van der Waals surface area contributed by atoms with Crippen LogP contribution in [0.25, 0.3) is 0 Å². The third-order valence-electron chi connectivity index (χ3n) is 3.54. The van der Waals surface area contributed by atoms with Gasteiger partial charge in [0.1, 0.15) is 0 Å². The van der Waals surface area contributed by atoms with Gasteiger partial charge in [0, 0.05) is 24.8 Å². The van der Waals surface area contributed by atoms with Crippen LogP contribution in [0.5, 0.6) is 0 Å². The van der Waals surface area contributed by atoms with Crippen LogP contribution in [-0.2, 0) is 6.42 Å². The van der Waals surface area contributed by atoms with Crippen molar-refractivity contribution in [1.29, 1.82) is 0 Å². The standard InChI is InChI=1S/C15H16N2/c1-16-13-6-2-4-12(10-13)14-8-7-11-5-3-9-17-15(11)14/h2-6,9-10,14,16H,7-8H2,1H3. The zero-order valence-electron chi connectivity index (χ0n) is 9.98. The summed E-state index contributed by atoms with van der Waals surface area (Å²) in [6, 6.07) is 12.9. The van der Waals surface area contributed by atoms with Gasteiger partial charge in [-0.05, 0) is 42.2 Å². The van der Waals surface area contributed by atoms with Gasteiger partial charge in [0.05, 0.1) is 5.69 Å². The van der Waals surface area contributed by atoms with E-state index in [0.29, 0.717) is 5.92 Å². The first-order valence-corrected chi connectivity index (χ1v) is 6.10. The second kappa shape index (κ2) is 4.21. The van der Waals surface area contributed by atoms with E-state index in [1.807, 2.05) is 19.3 Å². The summed E-state index contributed by atoms with van der Waals surface area (Å²) in [5.41, 5.74) is 5.22. The van der Waals surface area contributed by atoms with Gasteiger partial charge in [0.15, 0.2) is 0 Å². The molecule has 2 heteroatoms. The topological polar surface area (TPSA) is 24.9 Å². The zero-order chi connectivity index (χ0) is 11.7. The molecule has 1 aromatic carbocycles. The van der Waals surface area contributed by atoms with Crippen molar-refractivity contribution >= 4 is 5.69 Å². The number of rotatable bonds is 2. The molecule has 1 aliphatic carbocycles. The SMILES string of the molecule is CNc1cccc(C2CCc3cccnc32)c1. The monoisotopic (exact) mass is 224 g/mol. The van der Waals surface area contributed by atoms with Crippen molar-refractivity contribution in [3.05, 3.63) is 59.4 Å². The smallest absolute Gasteiger partial charge is 0.0510 e. The molecule has 3 rings (SSSR count). The molecule has 1 unspecified atom stereocenters.